The SMILES string of the molecule is Cc1nn(C)c(C)c1CNc1nc2ccc(Br)cc2s1. The van der Waals surface area contributed by atoms with Crippen LogP contribution in [0.15, 0.2) is 22.7 Å². The van der Waals surface area contributed by atoms with Gasteiger partial charge in [-0.15, -0.1) is 0 Å². The van der Waals surface area contributed by atoms with Crippen LogP contribution in [0.2, 0.25) is 0 Å². The van der Waals surface area contributed by atoms with E-state index in [1.807, 2.05) is 30.8 Å². The van der Waals surface area contributed by atoms with Crippen LogP contribution in [-0.4, -0.2) is 14.8 Å². The lowest BCUT2D eigenvalue weighted by Crippen LogP contribution is -2.01. The van der Waals surface area contributed by atoms with E-state index in [-0.39, 0.29) is 0 Å². The van der Waals surface area contributed by atoms with Gasteiger partial charge in [0.1, 0.15) is 0 Å². The van der Waals surface area contributed by atoms with Crippen molar-refractivity contribution in [3.8, 4) is 0 Å². The first-order chi connectivity index (χ1) is 9.54. The van der Waals surface area contributed by atoms with E-state index in [9.17, 15) is 0 Å². The highest BCUT2D eigenvalue weighted by atomic mass is 79.9. The maximum absolute atomic E-state index is 4.59. The number of nitrogens with zero attached hydrogens (tertiary/aromatic N) is 3. The molecule has 2 heterocycles. The van der Waals surface area contributed by atoms with E-state index in [1.165, 1.54) is 16.0 Å². The van der Waals surface area contributed by atoms with Gasteiger partial charge < -0.3 is 5.32 Å². The minimum absolute atomic E-state index is 0.756. The molecule has 4 nitrogen and oxygen atoms in total. The van der Waals surface area contributed by atoms with Gasteiger partial charge in [-0.05, 0) is 32.0 Å². The van der Waals surface area contributed by atoms with Crippen LogP contribution >= 0.6 is 27.3 Å². The summed E-state index contributed by atoms with van der Waals surface area (Å²) in [7, 11) is 1.97. The maximum Gasteiger partial charge on any atom is 0.184 e. The quantitative estimate of drug-likeness (QED) is 0.775. The van der Waals surface area contributed by atoms with Crippen LogP contribution in [0.5, 0.6) is 0 Å². The Morgan fingerprint density at radius 1 is 1.35 bits per heavy atom. The van der Waals surface area contributed by atoms with Crippen molar-refractivity contribution in [2.24, 2.45) is 7.05 Å². The molecular formula is C14H15BrN4S. The van der Waals surface area contributed by atoms with Crippen molar-refractivity contribution in [3.63, 3.8) is 0 Å². The number of hydrogen-bond donors (Lipinski definition) is 1. The maximum atomic E-state index is 4.59. The van der Waals surface area contributed by atoms with Crippen LogP contribution in [0, 0.1) is 13.8 Å². The summed E-state index contributed by atoms with van der Waals surface area (Å²) in [5.41, 5.74) is 4.54. The molecule has 3 rings (SSSR count). The fourth-order valence-corrected chi connectivity index (χ4v) is 3.62. The van der Waals surface area contributed by atoms with Gasteiger partial charge in [-0.1, -0.05) is 27.3 Å². The number of fused-ring (bicyclic) bond motifs is 1. The smallest absolute Gasteiger partial charge is 0.184 e. The largest absolute Gasteiger partial charge is 0.357 e. The fraction of sp³-hybridized carbons (Fsp3) is 0.286. The summed E-state index contributed by atoms with van der Waals surface area (Å²) in [4.78, 5) is 4.59. The van der Waals surface area contributed by atoms with E-state index < -0.39 is 0 Å². The van der Waals surface area contributed by atoms with E-state index in [0.717, 1.165) is 27.4 Å². The zero-order valence-corrected chi connectivity index (χ0v) is 14.0. The number of thiazole rings is 1. The summed E-state index contributed by atoms with van der Waals surface area (Å²) in [6.45, 7) is 4.89. The number of aromatic nitrogens is 3. The predicted molar refractivity (Wildman–Crippen MR) is 87.3 cm³/mol. The second kappa shape index (κ2) is 5.18. The average Bonchev–Trinajstić information content (AvgIpc) is 2.89. The van der Waals surface area contributed by atoms with E-state index in [1.54, 1.807) is 11.3 Å². The molecule has 0 aliphatic heterocycles. The number of aryl methyl sites for hydroxylation is 2. The van der Waals surface area contributed by atoms with Gasteiger partial charge in [0, 0.05) is 29.3 Å². The Morgan fingerprint density at radius 3 is 2.85 bits per heavy atom. The summed E-state index contributed by atoms with van der Waals surface area (Å²) < 4.78 is 4.18. The monoisotopic (exact) mass is 350 g/mol. The van der Waals surface area contributed by atoms with E-state index >= 15 is 0 Å². The van der Waals surface area contributed by atoms with Crippen molar-refractivity contribution < 1.29 is 0 Å². The topological polar surface area (TPSA) is 42.7 Å². The average molecular weight is 351 g/mol. The van der Waals surface area contributed by atoms with Gasteiger partial charge in [0.15, 0.2) is 5.13 Å². The number of hydrogen-bond acceptors (Lipinski definition) is 4. The molecule has 6 heteroatoms. The molecule has 0 bridgehead atoms. The second-order valence-electron chi connectivity index (χ2n) is 4.76. The lowest BCUT2D eigenvalue weighted by atomic mass is 10.2. The molecule has 20 heavy (non-hydrogen) atoms. The Morgan fingerprint density at radius 2 is 2.15 bits per heavy atom. The van der Waals surface area contributed by atoms with Crippen LogP contribution in [0.4, 0.5) is 5.13 Å². The third-order valence-corrected chi connectivity index (χ3v) is 4.89. The highest BCUT2D eigenvalue weighted by Crippen LogP contribution is 2.29. The van der Waals surface area contributed by atoms with Crippen LogP contribution in [0.1, 0.15) is 17.0 Å². The standard InChI is InChI=1S/C14H15BrN4S/c1-8-11(9(2)19(3)18-8)7-16-14-17-12-5-4-10(15)6-13(12)20-14/h4-6H,7H2,1-3H3,(H,16,17). The summed E-state index contributed by atoms with van der Waals surface area (Å²) in [5.74, 6) is 0. The van der Waals surface area contributed by atoms with Gasteiger partial charge >= 0.3 is 0 Å². The molecule has 0 fully saturated rings. The minimum atomic E-state index is 0.756. The summed E-state index contributed by atoms with van der Waals surface area (Å²) in [5, 5.41) is 8.78. The Hall–Kier alpha value is -1.40. The van der Waals surface area contributed by atoms with Crippen LogP contribution in [0.3, 0.4) is 0 Å². The predicted octanol–water partition coefficient (Wildman–Crippen LogP) is 4.02. The Bertz CT molecular complexity index is 775. The molecule has 0 radical (unpaired) electrons. The molecular weight excluding hydrogens is 336 g/mol. The van der Waals surface area contributed by atoms with E-state index in [4.69, 9.17) is 0 Å². The molecule has 0 spiro atoms. The Labute approximate surface area is 130 Å². The first-order valence-electron chi connectivity index (χ1n) is 6.33. The Kier molecular flexibility index (Phi) is 3.52. The normalized spacial score (nSPS) is 11.2. The summed E-state index contributed by atoms with van der Waals surface area (Å²) in [6, 6.07) is 6.14. The highest BCUT2D eigenvalue weighted by molar-refractivity contribution is 9.10. The van der Waals surface area contributed by atoms with Gasteiger partial charge in [0.25, 0.3) is 0 Å². The van der Waals surface area contributed by atoms with E-state index in [0.29, 0.717) is 0 Å². The van der Waals surface area contributed by atoms with Gasteiger partial charge in [-0.3, -0.25) is 4.68 Å². The van der Waals surface area contributed by atoms with Gasteiger partial charge in [0.2, 0.25) is 0 Å². The molecule has 2 aromatic heterocycles. The van der Waals surface area contributed by atoms with Crippen molar-refractivity contribution in [1.82, 2.24) is 14.8 Å². The minimum Gasteiger partial charge on any atom is -0.357 e. The third-order valence-electron chi connectivity index (χ3n) is 3.43. The number of anilines is 1. The lowest BCUT2D eigenvalue weighted by molar-refractivity contribution is 0.730. The number of rotatable bonds is 3. The third kappa shape index (κ3) is 2.45. The summed E-state index contributed by atoms with van der Waals surface area (Å²) >= 11 is 5.16. The second-order valence-corrected chi connectivity index (χ2v) is 6.70. The molecule has 0 saturated carbocycles. The van der Waals surface area contributed by atoms with Crippen molar-refractivity contribution >= 4 is 42.6 Å². The van der Waals surface area contributed by atoms with Crippen LogP contribution in [0.25, 0.3) is 10.2 Å². The molecule has 0 aliphatic carbocycles. The molecule has 1 N–H and O–H groups in total. The van der Waals surface area contributed by atoms with Gasteiger partial charge in [-0.2, -0.15) is 5.10 Å². The fourth-order valence-electron chi connectivity index (χ4n) is 2.21. The molecule has 0 saturated heterocycles. The van der Waals surface area contributed by atoms with Crippen molar-refractivity contribution in [1.29, 1.82) is 0 Å². The molecule has 0 aliphatic rings. The number of halogens is 1. The molecule has 0 atom stereocenters. The zero-order chi connectivity index (χ0) is 14.3. The molecule has 0 amide bonds. The van der Waals surface area contributed by atoms with Gasteiger partial charge in [0.05, 0.1) is 15.9 Å². The van der Waals surface area contributed by atoms with Crippen molar-refractivity contribution in [2.45, 2.75) is 20.4 Å². The molecule has 104 valence electrons. The Balaban J connectivity index is 1.83. The molecule has 0 unspecified atom stereocenters. The molecule has 3 aromatic rings. The number of nitrogens with one attached hydrogen (secondary N) is 1. The van der Waals surface area contributed by atoms with Crippen molar-refractivity contribution in [3.05, 3.63) is 39.6 Å². The van der Waals surface area contributed by atoms with Crippen molar-refractivity contribution in [2.75, 3.05) is 5.32 Å². The molecule has 1 aromatic carbocycles. The van der Waals surface area contributed by atoms with E-state index in [2.05, 4.69) is 44.3 Å². The van der Waals surface area contributed by atoms with Crippen LogP contribution in [-0.2, 0) is 13.6 Å². The zero-order valence-electron chi connectivity index (χ0n) is 11.6. The number of benzene rings is 1. The summed E-state index contributed by atoms with van der Waals surface area (Å²) in [6.07, 6.45) is 0. The highest BCUT2D eigenvalue weighted by Gasteiger charge is 2.10. The van der Waals surface area contributed by atoms with Gasteiger partial charge in [-0.25, -0.2) is 4.98 Å². The van der Waals surface area contributed by atoms with Crippen LogP contribution < -0.4 is 5.32 Å². The lowest BCUT2D eigenvalue weighted by Gasteiger charge is -2.03. The first-order valence-corrected chi connectivity index (χ1v) is 7.94. The first kappa shape index (κ1) is 13.6.